The Morgan fingerprint density at radius 1 is 1.06 bits per heavy atom. The maximum Gasteiger partial charge on any atom is 0.247 e. The number of pyridine rings is 1. The lowest BCUT2D eigenvalue weighted by Crippen LogP contribution is -2.34. The number of nitriles is 1. The van der Waals surface area contributed by atoms with E-state index in [1.54, 1.807) is 29.1 Å². The normalized spacial score (nSPS) is 11.5. The van der Waals surface area contributed by atoms with Crippen LogP contribution in [0.5, 0.6) is 0 Å². The van der Waals surface area contributed by atoms with E-state index in [0.29, 0.717) is 17.9 Å². The van der Waals surface area contributed by atoms with E-state index in [1.165, 1.54) is 0 Å². The number of anilines is 1. The van der Waals surface area contributed by atoms with Gasteiger partial charge in [0.2, 0.25) is 5.91 Å². The van der Waals surface area contributed by atoms with Crippen molar-refractivity contribution in [2.75, 3.05) is 11.9 Å². The van der Waals surface area contributed by atoms with Crippen LogP contribution < -0.4 is 10.6 Å². The molecule has 2 aromatic carbocycles. The summed E-state index contributed by atoms with van der Waals surface area (Å²) in [6, 6.07) is 24.3. The summed E-state index contributed by atoms with van der Waals surface area (Å²) in [5.74, 6) is 0.300. The Hall–Kier alpha value is -4.28. The Morgan fingerprint density at radius 3 is 2.48 bits per heavy atom. The summed E-state index contributed by atoms with van der Waals surface area (Å²) in [5.41, 5.74) is 4.32. The van der Waals surface area contributed by atoms with Crippen LogP contribution in [0.2, 0.25) is 0 Å². The van der Waals surface area contributed by atoms with E-state index >= 15 is 0 Å². The lowest BCUT2D eigenvalue weighted by Gasteiger charge is -2.19. The highest BCUT2D eigenvalue weighted by atomic mass is 16.2. The lowest BCUT2D eigenvalue weighted by molar-refractivity contribution is -0.118. The highest BCUT2D eigenvalue weighted by molar-refractivity contribution is 5.94. The summed E-state index contributed by atoms with van der Waals surface area (Å²) in [4.78, 5) is 17.5. The fourth-order valence-corrected chi connectivity index (χ4v) is 3.50. The molecule has 1 unspecified atom stereocenters. The molecule has 2 N–H and O–H groups in total. The van der Waals surface area contributed by atoms with Gasteiger partial charge in [0.15, 0.2) is 0 Å². The van der Waals surface area contributed by atoms with Gasteiger partial charge in [-0.1, -0.05) is 42.5 Å². The van der Waals surface area contributed by atoms with Crippen LogP contribution in [0.1, 0.15) is 22.7 Å². The second-order valence-corrected chi connectivity index (χ2v) is 7.65. The van der Waals surface area contributed by atoms with Crippen LogP contribution in [0.15, 0.2) is 85.2 Å². The largest absolute Gasteiger partial charge is 0.309 e. The van der Waals surface area contributed by atoms with Gasteiger partial charge in [-0.15, -0.1) is 0 Å². The van der Waals surface area contributed by atoms with Crippen LogP contribution >= 0.6 is 0 Å². The Balaban J connectivity index is 1.42. The maximum atomic E-state index is 13.1. The molecule has 1 atom stereocenters. The summed E-state index contributed by atoms with van der Waals surface area (Å²) in [6.07, 6.45) is 4.31. The molecule has 0 saturated carbocycles. The van der Waals surface area contributed by atoms with Gasteiger partial charge in [0.05, 0.1) is 17.3 Å². The van der Waals surface area contributed by atoms with Crippen molar-refractivity contribution in [1.29, 1.82) is 5.26 Å². The molecule has 33 heavy (non-hydrogen) atoms. The van der Waals surface area contributed by atoms with Crippen molar-refractivity contribution in [2.24, 2.45) is 7.05 Å². The first-order chi connectivity index (χ1) is 16.1. The fraction of sp³-hybridized carbons (Fsp3) is 0.154. The topological polar surface area (TPSA) is 95.6 Å². The van der Waals surface area contributed by atoms with E-state index in [0.717, 1.165) is 28.8 Å². The number of aromatic nitrogens is 3. The molecular weight excluding hydrogens is 412 g/mol. The van der Waals surface area contributed by atoms with Gasteiger partial charge in [-0.2, -0.15) is 10.4 Å². The molecule has 0 radical (unpaired) electrons. The number of carbonyl (C=O) groups is 1. The molecule has 1 amide bonds. The Labute approximate surface area is 192 Å². The van der Waals surface area contributed by atoms with E-state index in [9.17, 15) is 4.79 Å². The molecule has 2 heterocycles. The molecule has 7 heteroatoms. The first-order valence-corrected chi connectivity index (χ1v) is 10.7. The summed E-state index contributed by atoms with van der Waals surface area (Å²) >= 11 is 0. The van der Waals surface area contributed by atoms with Gasteiger partial charge in [0.1, 0.15) is 11.9 Å². The molecule has 2 aromatic heterocycles. The van der Waals surface area contributed by atoms with Gasteiger partial charge in [-0.3, -0.25) is 9.48 Å². The van der Waals surface area contributed by atoms with E-state index in [4.69, 9.17) is 5.26 Å². The quantitative estimate of drug-likeness (QED) is 0.437. The van der Waals surface area contributed by atoms with Crippen LogP contribution in [0.4, 0.5) is 5.82 Å². The van der Waals surface area contributed by atoms with Crippen molar-refractivity contribution in [1.82, 2.24) is 20.1 Å². The minimum absolute atomic E-state index is 0.181. The van der Waals surface area contributed by atoms with Gasteiger partial charge in [-0.25, -0.2) is 4.98 Å². The number of aryl methyl sites for hydroxylation is 1. The average Bonchev–Trinajstić information content (AvgIpc) is 3.29. The predicted octanol–water partition coefficient (Wildman–Crippen LogP) is 3.87. The number of hydrogen-bond acceptors (Lipinski definition) is 5. The lowest BCUT2D eigenvalue weighted by atomic mass is 10.1. The Kier molecular flexibility index (Phi) is 6.88. The Morgan fingerprint density at radius 2 is 1.85 bits per heavy atom. The molecular formula is C26H24N6O. The van der Waals surface area contributed by atoms with Gasteiger partial charge < -0.3 is 10.6 Å². The van der Waals surface area contributed by atoms with Crippen molar-refractivity contribution in [3.8, 4) is 17.3 Å². The molecule has 0 fully saturated rings. The standard InChI is InChI=1S/C26H24N6O/c1-32-16-14-23(31-32)22-11-12-24(29-18-22)30-26(33)25(21-5-3-2-4-6-21)28-15-13-19-7-9-20(17-27)10-8-19/h2-12,14,16,18,25,28H,13,15H2,1H3,(H,29,30,33). The monoisotopic (exact) mass is 436 g/mol. The molecule has 164 valence electrons. The van der Waals surface area contributed by atoms with Crippen LogP contribution in [0.3, 0.4) is 0 Å². The number of nitrogens with zero attached hydrogens (tertiary/aromatic N) is 4. The average molecular weight is 437 g/mol. The molecule has 0 aliphatic carbocycles. The minimum Gasteiger partial charge on any atom is -0.309 e. The van der Waals surface area contributed by atoms with Crippen molar-refractivity contribution in [2.45, 2.75) is 12.5 Å². The molecule has 0 aliphatic heterocycles. The van der Waals surface area contributed by atoms with Crippen molar-refractivity contribution in [3.63, 3.8) is 0 Å². The molecule has 0 saturated heterocycles. The second kappa shape index (κ2) is 10.4. The van der Waals surface area contributed by atoms with Crippen LogP contribution in [-0.2, 0) is 18.3 Å². The van der Waals surface area contributed by atoms with E-state index in [-0.39, 0.29) is 5.91 Å². The molecule has 0 bridgehead atoms. The minimum atomic E-state index is -0.526. The number of benzene rings is 2. The third-order valence-electron chi connectivity index (χ3n) is 5.26. The van der Waals surface area contributed by atoms with Crippen molar-refractivity contribution in [3.05, 3.63) is 102 Å². The van der Waals surface area contributed by atoms with Gasteiger partial charge >= 0.3 is 0 Å². The molecule has 4 rings (SSSR count). The van der Waals surface area contributed by atoms with Crippen molar-refractivity contribution < 1.29 is 4.79 Å². The van der Waals surface area contributed by atoms with Crippen LogP contribution in [0.25, 0.3) is 11.3 Å². The third kappa shape index (κ3) is 5.70. The zero-order valence-corrected chi connectivity index (χ0v) is 18.3. The Bertz CT molecular complexity index is 1240. The molecule has 4 aromatic rings. The number of carbonyl (C=O) groups excluding carboxylic acids is 1. The summed E-state index contributed by atoms with van der Waals surface area (Å²) < 4.78 is 1.74. The summed E-state index contributed by atoms with van der Waals surface area (Å²) in [7, 11) is 1.86. The van der Waals surface area contributed by atoms with Crippen molar-refractivity contribution >= 4 is 11.7 Å². The first kappa shape index (κ1) is 21.9. The van der Waals surface area contributed by atoms with E-state index in [1.807, 2.05) is 67.8 Å². The highest BCUT2D eigenvalue weighted by Gasteiger charge is 2.20. The number of amides is 1. The zero-order chi connectivity index (χ0) is 23.0. The fourth-order valence-electron chi connectivity index (χ4n) is 3.50. The van der Waals surface area contributed by atoms with Crippen LogP contribution in [0, 0.1) is 11.3 Å². The smallest absolute Gasteiger partial charge is 0.247 e. The molecule has 7 nitrogen and oxygen atoms in total. The van der Waals surface area contributed by atoms with Crippen LogP contribution in [-0.4, -0.2) is 27.2 Å². The number of hydrogen-bond donors (Lipinski definition) is 2. The number of nitrogens with one attached hydrogen (secondary N) is 2. The molecule has 0 aliphatic rings. The van der Waals surface area contributed by atoms with Gasteiger partial charge in [-0.05, 0) is 47.9 Å². The summed E-state index contributed by atoms with van der Waals surface area (Å²) in [6.45, 7) is 0.602. The highest BCUT2D eigenvalue weighted by Crippen LogP contribution is 2.19. The SMILES string of the molecule is Cn1ccc(-c2ccc(NC(=O)C(NCCc3ccc(C#N)cc3)c3ccccc3)nc2)n1. The van der Waals surface area contributed by atoms with Gasteiger partial charge in [0.25, 0.3) is 0 Å². The maximum absolute atomic E-state index is 13.1. The number of rotatable bonds is 8. The zero-order valence-electron chi connectivity index (χ0n) is 18.3. The molecule has 0 spiro atoms. The second-order valence-electron chi connectivity index (χ2n) is 7.65. The predicted molar refractivity (Wildman–Crippen MR) is 127 cm³/mol. The van der Waals surface area contributed by atoms with E-state index in [2.05, 4.69) is 26.8 Å². The summed E-state index contributed by atoms with van der Waals surface area (Å²) in [5, 5.41) is 19.6. The first-order valence-electron chi connectivity index (χ1n) is 10.7. The van der Waals surface area contributed by atoms with E-state index < -0.39 is 6.04 Å². The third-order valence-corrected chi connectivity index (χ3v) is 5.26. The van der Waals surface area contributed by atoms with Gasteiger partial charge in [0, 0.05) is 31.5 Å².